The zero-order valence-electron chi connectivity index (χ0n) is 13.8. The third kappa shape index (κ3) is 4.11. The SMILES string of the molecule is Cc1ccc(S(=O)(=O)N=S(=O)(/C=C2\CCCO2)c2ccccc2)cc1. The minimum absolute atomic E-state index is 0.0208. The third-order valence-corrected chi connectivity index (χ3v) is 7.82. The highest BCUT2D eigenvalue weighted by Gasteiger charge is 2.21. The lowest BCUT2D eigenvalue weighted by Gasteiger charge is -2.08. The zero-order valence-corrected chi connectivity index (χ0v) is 15.4. The summed E-state index contributed by atoms with van der Waals surface area (Å²) < 4.78 is 48.1. The van der Waals surface area contributed by atoms with Crippen molar-refractivity contribution in [3.63, 3.8) is 0 Å². The van der Waals surface area contributed by atoms with Crippen LogP contribution in [0.3, 0.4) is 0 Å². The fourth-order valence-electron chi connectivity index (χ4n) is 2.44. The molecular formula is C18H19NO4S2. The average molecular weight is 377 g/mol. The summed E-state index contributed by atoms with van der Waals surface area (Å²) >= 11 is 0. The van der Waals surface area contributed by atoms with Crippen LogP contribution in [0.2, 0.25) is 0 Å². The fraction of sp³-hybridized carbons (Fsp3) is 0.222. The van der Waals surface area contributed by atoms with Crippen molar-refractivity contribution in [2.45, 2.75) is 29.6 Å². The van der Waals surface area contributed by atoms with Gasteiger partial charge in [-0.15, -0.1) is 0 Å². The molecule has 0 spiro atoms. The van der Waals surface area contributed by atoms with Gasteiger partial charge in [0.1, 0.15) is 15.5 Å². The Morgan fingerprint density at radius 3 is 2.24 bits per heavy atom. The van der Waals surface area contributed by atoms with Gasteiger partial charge in [0.15, 0.2) is 0 Å². The van der Waals surface area contributed by atoms with Gasteiger partial charge < -0.3 is 4.74 Å². The lowest BCUT2D eigenvalue weighted by molar-refractivity contribution is 0.264. The maximum Gasteiger partial charge on any atom is 0.290 e. The standard InChI is InChI=1S/C18H19NO4S2/c1-15-9-11-18(12-10-15)25(21,22)19-24(20,14-16-6-5-13-23-16)17-7-3-2-4-8-17/h2-4,7-12,14H,5-6,13H2,1H3/b16-14+. The summed E-state index contributed by atoms with van der Waals surface area (Å²) in [6, 6.07) is 14.7. The molecule has 1 saturated heterocycles. The Labute approximate surface area is 148 Å². The second-order valence-electron chi connectivity index (χ2n) is 5.78. The largest absolute Gasteiger partial charge is 0.497 e. The normalized spacial score (nSPS) is 18.5. The summed E-state index contributed by atoms with van der Waals surface area (Å²) in [7, 11) is -7.39. The van der Waals surface area contributed by atoms with Crippen LogP contribution in [0.1, 0.15) is 18.4 Å². The second-order valence-corrected chi connectivity index (χ2v) is 9.64. The van der Waals surface area contributed by atoms with E-state index in [1.807, 2.05) is 6.92 Å². The van der Waals surface area contributed by atoms with Gasteiger partial charge in [0.05, 0.1) is 21.8 Å². The van der Waals surface area contributed by atoms with Gasteiger partial charge in [-0.25, -0.2) is 4.21 Å². The molecule has 0 bridgehead atoms. The van der Waals surface area contributed by atoms with E-state index in [0.717, 1.165) is 12.0 Å². The summed E-state index contributed by atoms with van der Waals surface area (Å²) in [5.41, 5.74) is 0.934. The molecule has 1 heterocycles. The fourth-order valence-corrected chi connectivity index (χ4v) is 6.17. The Morgan fingerprint density at radius 2 is 1.64 bits per heavy atom. The molecule has 2 aromatic carbocycles. The van der Waals surface area contributed by atoms with Crippen molar-refractivity contribution in [1.29, 1.82) is 0 Å². The lowest BCUT2D eigenvalue weighted by atomic mass is 10.2. The van der Waals surface area contributed by atoms with E-state index in [0.29, 0.717) is 23.7 Å². The van der Waals surface area contributed by atoms with Crippen LogP contribution in [0.25, 0.3) is 0 Å². The van der Waals surface area contributed by atoms with Crippen LogP contribution >= 0.6 is 0 Å². The molecule has 0 N–H and O–H groups in total. The number of sulfonamides is 1. The van der Waals surface area contributed by atoms with Gasteiger partial charge in [-0.1, -0.05) is 39.7 Å². The number of hydrogen-bond acceptors (Lipinski definition) is 4. The Kier molecular flexibility index (Phi) is 4.96. The lowest BCUT2D eigenvalue weighted by Crippen LogP contribution is -2.05. The summed E-state index contributed by atoms with van der Waals surface area (Å²) in [5, 5.41) is 1.36. The highest BCUT2D eigenvalue weighted by molar-refractivity contribution is 8.05. The van der Waals surface area contributed by atoms with Crippen LogP contribution in [-0.2, 0) is 24.5 Å². The zero-order chi connectivity index (χ0) is 17.9. The Hall–Kier alpha value is -2.12. The maximum atomic E-state index is 13.5. The quantitative estimate of drug-likeness (QED) is 0.811. The van der Waals surface area contributed by atoms with E-state index in [9.17, 15) is 12.6 Å². The first kappa shape index (κ1) is 17.7. The van der Waals surface area contributed by atoms with Crippen LogP contribution < -0.4 is 0 Å². The van der Waals surface area contributed by atoms with Gasteiger partial charge in [0.2, 0.25) is 0 Å². The van der Waals surface area contributed by atoms with Crippen molar-refractivity contribution in [1.82, 2.24) is 0 Å². The molecule has 7 heteroatoms. The van der Waals surface area contributed by atoms with E-state index in [1.165, 1.54) is 17.5 Å². The number of allylic oxidation sites excluding steroid dienone is 1. The first-order chi connectivity index (χ1) is 11.9. The Balaban J connectivity index is 2.17. The Bertz CT molecular complexity index is 993. The molecule has 25 heavy (non-hydrogen) atoms. The molecular weight excluding hydrogens is 358 g/mol. The number of aryl methyl sites for hydroxylation is 1. The van der Waals surface area contributed by atoms with Gasteiger partial charge in [-0.3, -0.25) is 0 Å². The molecule has 0 aromatic heterocycles. The first-order valence-corrected chi connectivity index (χ1v) is 10.9. The summed E-state index contributed by atoms with van der Waals surface area (Å²) in [5.74, 6) is 0.525. The minimum Gasteiger partial charge on any atom is -0.497 e. The van der Waals surface area contributed by atoms with Gasteiger partial charge in [0, 0.05) is 6.42 Å². The maximum absolute atomic E-state index is 13.5. The predicted octanol–water partition coefficient (Wildman–Crippen LogP) is 3.86. The van der Waals surface area contributed by atoms with Crippen molar-refractivity contribution in [3.8, 4) is 0 Å². The molecule has 3 rings (SSSR count). The molecule has 1 fully saturated rings. The van der Waals surface area contributed by atoms with E-state index in [1.54, 1.807) is 42.5 Å². The molecule has 0 saturated carbocycles. The summed E-state index contributed by atoms with van der Waals surface area (Å²) in [6.07, 6.45) is 1.45. The van der Waals surface area contributed by atoms with E-state index in [-0.39, 0.29) is 4.90 Å². The number of benzene rings is 2. The van der Waals surface area contributed by atoms with Gasteiger partial charge >= 0.3 is 0 Å². The molecule has 1 aliphatic heterocycles. The van der Waals surface area contributed by atoms with Gasteiger partial charge in [0.25, 0.3) is 10.0 Å². The van der Waals surface area contributed by atoms with E-state index in [4.69, 9.17) is 4.74 Å². The van der Waals surface area contributed by atoms with Crippen LogP contribution in [0.4, 0.5) is 0 Å². The third-order valence-electron chi connectivity index (χ3n) is 3.75. The monoisotopic (exact) mass is 377 g/mol. The molecule has 1 unspecified atom stereocenters. The van der Waals surface area contributed by atoms with E-state index >= 15 is 0 Å². The molecule has 2 aromatic rings. The highest BCUT2D eigenvalue weighted by atomic mass is 32.3. The number of hydrogen-bond donors (Lipinski definition) is 0. The van der Waals surface area contributed by atoms with Gasteiger partial charge in [-0.2, -0.15) is 8.42 Å². The first-order valence-electron chi connectivity index (χ1n) is 7.88. The van der Waals surface area contributed by atoms with Crippen LogP contribution in [0, 0.1) is 6.92 Å². The average Bonchev–Trinajstić information content (AvgIpc) is 3.08. The molecule has 0 aliphatic carbocycles. The van der Waals surface area contributed by atoms with Crippen molar-refractivity contribution in [2.24, 2.45) is 3.77 Å². The van der Waals surface area contributed by atoms with Gasteiger partial charge in [-0.05, 0) is 37.6 Å². The van der Waals surface area contributed by atoms with Crippen molar-refractivity contribution in [3.05, 3.63) is 71.3 Å². The number of rotatable bonds is 4. The van der Waals surface area contributed by atoms with Crippen LogP contribution in [0.5, 0.6) is 0 Å². The molecule has 5 nitrogen and oxygen atoms in total. The predicted molar refractivity (Wildman–Crippen MR) is 96.9 cm³/mol. The van der Waals surface area contributed by atoms with E-state index in [2.05, 4.69) is 3.77 Å². The molecule has 0 radical (unpaired) electrons. The van der Waals surface area contributed by atoms with Crippen molar-refractivity contribution < 1.29 is 17.4 Å². The topological polar surface area (TPSA) is 72.8 Å². The molecule has 1 aliphatic rings. The summed E-state index contributed by atoms with van der Waals surface area (Å²) in [4.78, 5) is 0.362. The number of ether oxygens (including phenoxy) is 1. The van der Waals surface area contributed by atoms with Crippen molar-refractivity contribution in [2.75, 3.05) is 6.61 Å². The molecule has 1 atom stereocenters. The highest BCUT2D eigenvalue weighted by Crippen LogP contribution is 2.25. The smallest absolute Gasteiger partial charge is 0.290 e. The minimum atomic E-state index is -4.08. The van der Waals surface area contributed by atoms with Crippen LogP contribution in [-0.4, -0.2) is 19.2 Å². The second kappa shape index (κ2) is 7.01. The van der Waals surface area contributed by atoms with E-state index < -0.39 is 19.8 Å². The summed E-state index contributed by atoms with van der Waals surface area (Å²) in [6.45, 7) is 2.41. The van der Waals surface area contributed by atoms with Crippen LogP contribution in [0.15, 0.2) is 79.3 Å². The van der Waals surface area contributed by atoms with Crippen molar-refractivity contribution >= 4 is 19.8 Å². The number of nitrogens with zero attached hydrogens (tertiary/aromatic N) is 1. The molecule has 132 valence electrons. The Morgan fingerprint density at radius 1 is 0.960 bits per heavy atom. The molecule has 0 amide bonds.